The third-order valence-corrected chi connectivity index (χ3v) is 4.87. The lowest BCUT2D eigenvalue weighted by Gasteiger charge is -2.26. The first kappa shape index (κ1) is 18.1. The zero-order valence-corrected chi connectivity index (χ0v) is 14.9. The van der Waals surface area contributed by atoms with Gasteiger partial charge < -0.3 is 10.0 Å². The summed E-state index contributed by atoms with van der Waals surface area (Å²) in [5, 5.41) is 13.6. The molecule has 0 spiro atoms. The maximum Gasteiger partial charge on any atom is 0.323 e. The molecule has 1 aromatic heterocycles. The average molecular weight is 359 g/mol. The van der Waals surface area contributed by atoms with E-state index in [1.165, 1.54) is 17.0 Å². The summed E-state index contributed by atoms with van der Waals surface area (Å²) in [6, 6.07) is 5.87. The van der Waals surface area contributed by atoms with Gasteiger partial charge in [0.2, 0.25) is 0 Å². The summed E-state index contributed by atoms with van der Waals surface area (Å²) in [6.45, 7) is 3.36. The molecule has 1 amide bonds. The monoisotopic (exact) mass is 359 g/mol. The Morgan fingerprint density at radius 2 is 2.15 bits per heavy atom. The van der Waals surface area contributed by atoms with Crippen molar-refractivity contribution in [1.29, 1.82) is 0 Å². The minimum absolute atomic E-state index is 0.213. The van der Waals surface area contributed by atoms with Crippen molar-refractivity contribution < 1.29 is 19.1 Å². The first-order chi connectivity index (χ1) is 12.4. The predicted octanol–water partition coefficient (Wildman–Crippen LogP) is 2.83. The van der Waals surface area contributed by atoms with Gasteiger partial charge in [0, 0.05) is 17.3 Å². The number of fused-ring (bicyclic) bond motifs is 1. The summed E-state index contributed by atoms with van der Waals surface area (Å²) >= 11 is 0. The van der Waals surface area contributed by atoms with E-state index in [2.05, 4.69) is 5.10 Å². The molecule has 7 heteroatoms. The molecule has 1 aliphatic rings. The molecule has 0 saturated heterocycles. The Balaban J connectivity index is 2.04. The maximum absolute atomic E-state index is 13.6. The van der Waals surface area contributed by atoms with E-state index in [1.54, 1.807) is 16.8 Å². The van der Waals surface area contributed by atoms with E-state index in [9.17, 15) is 19.1 Å². The molecule has 1 heterocycles. The van der Waals surface area contributed by atoms with Gasteiger partial charge in [0.05, 0.1) is 5.69 Å². The van der Waals surface area contributed by atoms with Crippen LogP contribution in [0.1, 0.15) is 48.4 Å². The summed E-state index contributed by atoms with van der Waals surface area (Å²) in [5.74, 6) is -1.81. The van der Waals surface area contributed by atoms with Gasteiger partial charge in [0.1, 0.15) is 12.4 Å². The van der Waals surface area contributed by atoms with Crippen LogP contribution in [0.4, 0.5) is 4.39 Å². The smallest absolute Gasteiger partial charge is 0.323 e. The molecule has 0 bridgehead atoms. The highest BCUT2D eigenvalue weighted by Crippen LogP contribution is 2.29. The molecule has 138 valence electrons. The van der Waals surface area contributed by atoms with Crippen molar-refractivity contribution in [2.24, 2.45) is 0 Å². The van der Waals surface area contributed by atoms with Crippen molar-refractivity contribution in [2.75, 3.05) is 6.54 Å². The molecule has 26 heavy (non-hydrogen) atoms. The molecule has 0 saturated carbocycles. The molecule has 1 aromatic carbocycles. The third kappa shape index (κ3) is 3.34. The zero-order chi connectivity index (χ0) is 18.8. The lowest BCUT2D eigenvalue weighted by molar-refractivity contribution is -0.138. The van der Waals surface area contributed by atoms with Crippen LogP contribution in [0.5, 0.6) is 0 Å². The largest absolute Gasteiger partial charge is 0.480 e. The van der Waals surface area contributed by atoms with Crippen LogP contribution in [-0.4, -0.2) is 44.3 Å². The number of carbonyl (C=O) groups is 2. The highest BCUT2D eigenvalue weighted by Gasteiger charge is 2.31. The van der Waals surface area contributed by atoms with E-state index >= 15 is 0 Å². The molecule has 1 atom stereocenters. The highest BCUT2D eigenvalue weighted by molar-refractivity contribution is 5.96. The second-order valence-electron chi connectivity index (χ2n) is 6.60. The average Bonchev–Trinajstić information content (AvgIpc) is 3.20. The van der Waals surface area contributed by atoms with E-state index in [1.807, 2.05) is 13.8 Å². The molecule has 0 fully saturated rings. The summed E-state index contributed by atoms with van der Waals surface area (Å²) < 4.78 is 15.2. The summed E-state index contributed by atoms with van der Waals surface area (Å²) in [6.07, 6.45) is 3.01. The third-order valence-electron chi connectivity index (χ3n) is 4.87. The number of nitrogens with zero attached hydrogens (tertiary/aromatic N) is 3. The van der Waals surface area contributed by atoms with Crippen LogP contribution in [0, 0.1) is 5.82 Å². The first-order valence-electron chi connectivity index (χ1n) is 8.81. The Labute approximate surface area is 151 Å². The fraction of sp³-hybridized carbons (Fsp3) is 0.421. The van der Waals surface area contributed by atoms with Gasteiger partial charge in [-0.2, -0.15) is 5.10 Å². The number of carbonyl (C=O) groups excluding carboxylic acids is 1. The maximum atomic E-state index is 13.6. The summed E-state index contributed by atoms with van der Waals surface area (Å²) in [7, 11) is 0. The Bertz CT molecular complexity index is 847. The van der Waals surface area contributed by atoms with Crippen LogP contribution in [0.25, 0.3) is 5.69 Å². The molecule has 1 unspecified atom stereocenters. The van der Waals surface area contributed by atoms with Crippen LogP contribution in [0.3, 0.4) is 0 Å². The number of aromatic nitrogens is 2. The number of aliphatic carboxylic acids is 1. The number of amides is 1. The number of hydrogen-bond acceptors (Lipinski definition) is 3. The van der Waals surface area contributed by atoms with Crippen LogP contribution in [0.15, 0.2) is 24.3 Å². The van der Waals surface area contributed by atoms with Gasteiger partial charge in [-0.1, -0.05) is 13.0 Å². The van der Waals surface area contributed by atoms with Crippen molar-refractivity contribution in [1.82, 2.24) is 14.7 Å². The van der Waals surface area contributed by atoms with E-state index < -0.39 is 5.97 Å². The standard InChI is InChI=1S/C19H22FN3O3/c1-3-12(2)22(11-17(24)25)19(26)18-15-8-5-9-16(15)23(21-18)14-7-4-6-13(20)10-14/h4,6-7,10,12H,3,5,8-9,11H2,1-2H3,(H,24,25). The molecule has 0 radical (unpaired) electrons. The van der Waals surface area contributed by atoms with E-state index in [0.717, 1.165) is 24.1 Å². The molecule has 2 aromatic rings. The van der Waals surface area contributed by atoms with Crippen molar-refractivity contribution in [3.8, 4) is 5.69 Å². The number of carboxylic acid groups (broad SMARTS) is 1. The normalized spacial score (nSPS) is 14.1. The van der Waals surface area contributed by atoms with E-state index in [0.29, 0.717) is 18.5 Å². The zero-order valence-electron chi connectivity index (χ0n) is 14.9. The molecule has 1 aliphatic carbocycles. The van der Waals surface area contributed by atoms with E-state index in [4.69, 9.17) is 0 Å². The van der Waals surface area contributed by atoms with Gasteiger partial charge in [-0.05, 0) is 50.8 Å². The van der Waals surface area contributed by atoms with Gasteiger partial charge in [-0.15, -0.1) is 0 Å². The van der Waals surface area contributed by atoms with Crippen LogP contribution >= 0.6 is 0 Å². The van der Waals surface area contributed by atoms with Crippen LogP contribution in [-0.2, 0) is 17.6 Å². The van der Waals surface area contributed by atoms with Crippen LogP contribution in [0.2, 0.25) is 0 Å². The predicted molar refractivity (Wildman–Crippen MR) is 94.0 cm³/mol. The van der Waals surface area contributed by atoms with Crippen LogP contribution < -0.4 is 0 Å². The van der Waals surface area contributed by atoms with Crippen molar-refractivity contribution in [3.63, 3.8) is 0 Å². The van der Waals surface area contributed by atoms with Crippen molar-refractivity contribution >= 4 is 11.9 Å². The Hall–Kier alpha value is -2.70. The number of carboxylic acids is 1. The SMILES string of the molecule is CCC(C)N(CC(=O)O)C(=O)c1nn(-c2cccc(F)c2)c2c1CCC2. The number of rotatable bonds is 6. The first-order valence-corrected chi connectivity index (χ1v) is 8.81. The molecule has 1 N–H and O–H groups in total. The van der Waals surface area contributed by atoms with Crippen molar-refractivity contribution in [3.05, 3.63) is 47.0 Å². The minimum Gasteiger partial charge on any atom is -0.480 e. The molecular formula is C19H22FN3O3. The number of hydrogen-bond donors (Lipinski definition) is 1. The lowest BCUT2D eigenvalue weighted by Crippen LogP contribution is -2.42. The fourth-order valence-electron chi connectivity index (χ4n) is 3.36. The fourth-order valence-corrected chi connectivity index (χ4v) is 3.36. The van der Waals surface area contributed by atoms with Gasteiger partial charge in [0.25, 0.3) is 5.91 Å². The molecule has 3 rings (SSSR count). The van der Waals surface area contributed by atoms with Gasteiger partial charge >= 0.3 is 5.97 Å². The highest BCUT2D eigenvalue weighted by atomic mass is 19.1. The van der Waals surface area contributed by atoms with Gasteiger partial charge in [-0.25, -0.2) is 9.07 Å². The second kappa shape index (κ2) is 7.27. The second-order valence-corrected chi connectivity index (χ2v) is 6.60. The van der Waals surface area contributed by atoms with E-state index in [-0.39, 0.29) is 30.0 Å². The Morgan fingerprint density at radius 1 is 1.38 bits per heavy atom. The van der Waals surface area contributed by atoms with Crippen molar-refractivity contribution in [2.45, 2.75) is 45.6 Å². The summed E-state index contributed by atoms with van der Waals surface area (Å²) in [4.78, 5) is 25.6. The molecule has 0 aliphatic heterocycles. The molecular weight excluding hydrogens is 337 g/mol. The Kier molecular flexibility index (Phi) is 5.06. The number of halogens is 1. The lowest BCUT2D eigenvalue weighted by atomic mass is 10.1. The summed E-state index contributed by atoms with van der Waals surface area (Å²) in [5.41, 5.74) is 2.59. The van der Waals surface area contributed by atoms with Gasteiger partial charge in [-0.3, -0.25) is 9.59 Å². The minimum atomic E-state index is -1.06. The van der Waals surface area contributed by atoms with Gasteiger partial charge in [0.15, 0.2) is 5.69 Å². The topological polar surface area (TPSA) is 75.4 Å². The quantitative estimate of drug-likeness (QED) is 0.861. The number of benzene rings is 1. The Morgan fingerprint density at radius 3 is 2.81 bits per heavy atom. The molecule has 6 nitrogen and oxygen atoms in total.